The molecule has 2 aliphatic heterocycles. The van der Waals surface area contributed by atoms with E-state index in [9.17, 15) is 31.2 Å². The van der Waals surface area contributed by atoms with E-state index < -0.39 is 67.1 Å². The minimum atomic E-state index is -5.82. The summed E-state index contributed by atoms with van der Waals surface area (Å²) < 4.78 is 107. The van der Waals surface area contributed by atoms with Crippen LogP contribution in [0.15, 0.2) is 76.2 Å². The Morgan fingerprint density at radius 3 is 2.11 bits per heavy atom. The lowest BCUT2D eigenvalue weighted by atomic mass is 9.94. The summed E-state index contributed by atoms with van der Waals surface area (Å²) in [5.74, 6) is -9.18. The van der Waals surface area contributed by atoms with E-state index in [4.69, 9.17) is 22.1 Å². The van der Waals surface area contributed by atoms with Crippen LogP contribution in [-0.4, -0.2) is 65.0 Å². The van der Waals surface area contributed by atoms with E-state index in [1.807, 2.05) is 0 Å². The molecule has 47 heavy (non-hydrogen) atoms. The highest BCUT2D eigenvalue weighted by molar-refractivity contribution is 9.10. The first-order valence-electron chi connectivity index (χ1n) is 13.9. The molecule has 1 aromatic heterocycles. The van der Waals surface area contributed by atoms with Crippen LogP contribution in [0, 0.1) is 0 Å². The van der Waals surface area contributed by atoms with Gasteiger partial charge in [0.15, 0.2) is 0 Å². The molecule has 3 heterocycles. The van der Waals surface area contributed by atoms with Crippen LogP contribution in [0.2, 0.25) is 5.02 Å². The van der Waals surface area contributed by atoms with Crippen LogP contribution in [0.5, 0.6) is 11.6 Å². The van der Waals surface area contributed by atoms with Crippen molar-refractivity contribution >= 4 is 49.4 Å². The quantitative estimate of drug-likeness (QED) is 0.209. The summed E-state index contributed by atoms with van der Waals surface area (Å²) in [6, 6.07) is 5.61. The molecule has 5 rings (SSSR count). The number of aromatic nitrogens is 1. The van der Waals surface area contributed by atoms with Crippen molar-refractivity contribution < 1.29 is 49.5 Å². The van der Waals surface area contributed by atoms with E-state index in [-0.39, 0.29) is 30.5 Å². The van der Waals surface area contributed by atoms with E-state index >= 15 is 8.78 Å². The number of amides is 1. The number of hydroxylamine groups is 1. The molecule has 2 fully saturated rings. The van der Waals surface area contributed by atoms with Gasteiger partial charge in [-0.1, -0.05) is 39.7 Å². The first-order valence-corrected chi connectivity index (χ1v) is 16.5. The first kappa shape index (κ1) is 34.9. The number of carbonyl (C=O) groups excluding carboxylic acids is 2. The van der Waals surface area contributed by atoms with Crippen molar-refractivity contribution in [2.24, 2.45) is 5.73 Å². The fourth-order valence-corrected chi connectivity index (χ4v) is 7.36. The van der Waals surface area contributed by atoms with Gasteiger partial charge in [0.05, 0.1) is 9.92 Å². The molecule has 0 radical (unpaired) electrons. The van der Waals surface area contributed by atoms with Crippen LogP contribution in [0.4, 0.5) is 22.0 Å². The highest BCUT2D eigenvalue weighted by Crippen LogP contribution is 2.43. The molecule has 0 saturated carbocycles. The highest BCUT2D eigenvalue weighted by atomic mass is 79.9. The zero-order valence-electron chi connectivity index (χ0n) is 23.9. The van der Waals surface area contributed by atoms with E-state index in [1.165, 1.54) is 30.5 Å². The number of piperidine rings is 1. The lowest BCUT2D eigenvalue weighted by molar-refractivity contribution is -0.240. The molecule has 3 atom stereocenters. The summed E-state index contributed by atoms with van der Waals surface area (Å²) in [4.78, 5) is 34.6. The number of carbonyl (C=O) groups is 2. The molecule has 2 N–H and O–H groups in total. The second-order valence-corrected chi connectivity index (χ2v) is 14.1. The lowest BCUT2D eigenvalue weighted by Crippen LogP contribution is -2.62. The van der Waals surface area contributed by atoms with Crippen LogP contribution in [0.1, 0.15) is 31.2 Å². The summed E-state index contributed by atoms with van der Waals surface area (Å²) >= 11 is 8.89. The molecule has 2 aliphatic rings. The van der Waals surface area contributed by atoms with Gasteiger partial charge in [0.25, 0.3) is 15.9 Å². The van der Waals surface area contributed by atoms with Gasteiger partial charge in [-0.2, -0.15) is 22.0 Å². The predicted molar refractivity (Wildman–Crippen MR) is 160 cm³/mol. The van der Waals surface area contributed by atoms with Crippen molar-refractivity contribution in [3.63, 3.8) is 0 Å². The van der Waals surface area contributed by atoms with E-state index in [2.05, 4.69) is 25.8 Å². The summed E-state index contributed by atoms with van der Waals surface area (Å²) in [5.41, 5.74) is 5.13. The summed E-state index contributed by atoms with van der Waals surface area (Å²) in [6.07, 6.45) is -3.48. The molecule has 0 aliphatic carbocycles. The van der Waals surface area contributed by atoms with E-state index in [0.29, 0.717) is 22.3 Å². The molecule has 0 spiro atoms. The van der Waals surface area contributed by atoms with Crippen LogP contribution in [0.3, 0.4) is 0 Å². The Balaban J connectivity index is 1.61. The van der Waals surface area contributed by atoms with Crippen molar-refractivity contribution in [3.8, 4) is 11.6 Å². The third-order valence-electron chi connectivity index (χ3n) is 7.73. The lowest BCUT2D eigenvalue weighted by Gasteiger charge is -2.42. The second kappa shape index (κ2) is 13.3. The van der Waals surface area contributed by atoms with E-state index in [0.717, 1.165) is 41.3 Å². The van der Waals surface area contributed by atoms with Gasteiger partial charge in [-0.05, 0) is 72.6 Å². The number of hydrogen-bond donors (Lipinski definition) is 1. The third kappa shape index (κ3) is 7.38. The van der Waals surface area contributed by atoms with Gasteiger partial charge in [-0.25, -0.2) is 18.2 Å². The van der Waals surface area contributed by atoms with Gasteiger partial charge in [0.2, 0.25) is 11.9 Å². The molecular weight excluding hydrogens is 743 g/mol. The molecule has 2 bridgehead atoms. The number of hydrogen-bond acceptors (Lipinski definition) is 8. The topological polar surface area (TPSA) is 132 Å². The number of fused-ring (bicyclic) bond motifs is 2. The number of nitrogens with zero attached hydrogens (tertiary/aromatic N) is 3. The molecule has 3 aromatic rings. The maximum atomic E-state index is 16.6. The molecule has 2 aromatic carbocycles. The Kier molecular flexibility index (Phi) is 9.86. The van der Waals surface area contributed by atoms with Crippen molar-refractivity contribution in [2.45, 2.75) is 66.8 Å². The van der Waals surface area contributed by atoms with Gasteiger partial charge in [0.1, 0.15) is 5.75 Å². The molecule has 10 nitrogen and oxygen atoms in total. The molecule has 18 heteroatoms. The monoisotopic (exact) mass is 766 g/mol. The SMILES string of the molecule is NC1CC2CCC(C1)N2C(=O)[C@@H](N(OC(=O)C(F)(F)F)S(=O)(=O)c1ccc(Oc2ccc(Cl)cn2)cc1)C(F)(F)c1ccc(Br)cc1. The van der Waals surface area contributed by atoms with Crippen LogP contribution < -0.4 is 10.5 Å². The molecule has 2 unspecified atom stereocenters. The number of nitrogens with two attached hydrogens (primary N) is 1. The second-order valence-electron chi connectivity index (χ2n) is 10.9. The minimum Gasteiger partial charge on any atom is -0.439 e. The Bertz CT molecular complexity index is 1720. The molecule has 1 amide bonds. The summed E-state index contributed by atoms with van der Waals surface area (Å²) in [7, 11) is -5.62. The van der Waals surface area contributed by atoms with Crippen molar-refractivity contribution in [2.75, 3.05) is 0 Å². The highest BCUT2D eigenvalue weighted by Gasteiger charge is 2.60. The van der Waals surface area contributed by atoms with Gasteiger partial charge in [0, 0.05) is 40.4 Å². The molecule has 252 valence electrons. The summed E-state index contributed by atoms with van der Waals surface area (Å²) in [5, 5.41) is 0.303. The average molecular weight is 768 g/mol. The fraction of sp³-hybridized carbons (Fsp3) is 0.345. The van der Waals surface area contributed by atoms with Gasteiger partial charge in [-0.15, -0.1) is 0 Å². The zero-order chi connectivity index (χ0) is 34.3. The van der Waals surface area contributed by atoms with E-state index in [1.54, 1.807) is 0 Å². The largest absolute Gasteiger partial charge is 0.492 e. The number of halogens is 7. The predicted octanol–water partition coefficient (Wildman–Crippen LogP) is 5.94. The van der Waals surface area contributed by atoms with Crippen molar-refractivity contribution in [3.05, 3.63) is 81.9 Å². The minimum absolute atomic E-state index is 0.00772. The maximum absolute atomic E-state index is 16.6. The average Bonchev–Trinajstić information content (AvgIpc) is 3.28. The Morgan fingerprint density at radius 2 is 1.57 bits per heavy atom. The standard InChI is InChI=1S/C29H25BrClF5N4O6S/c30-17-3-1-16(2-4-17)28(32,33)25(26(41)39-20-6-7-21(39)14-19(37)13-20)40(46-27(42)29(34,35)36)47(43,44)23-10-8-22(9-11-23)45-24-12-5-18(31)15-38-24/h1-5,8-12,15,19-21,25H,6-7,13-14,37H2/t19?,20?,21?,25-/m1/s1. The first-order chi connectivity index (χ1) is 22.0. The number of ether oxygens (including phenoxy) is 1. The van der Waals surface area contributed by atoms with Crippen LogP contribution in [0.25, 0.3) is 0 Å². The Hall–Kier alpha value is -3.38. The fourth-order valence-electron chi connectivity index (χ4n) is 5.63. The molecule has 2 saturated heterocycles. The summed E-state index contributed by atoms with van der Waals surface area (Å²) in [6.45, 7) is 0. The van der Waals surface area contributed by atoms with Crippen molar-refractivity contribution in [1.82, 2.24) is 14.4 Å². The van der Waals surface area contributed by atoms with Crippen molar-refractivity contribution in [1.29, 1.82) is 0 Å². The number of sulfonamides is 1. The smallest absolute Gasteiger partial charge is 0.439 e. The number of pyridine rings is 1. The van der Waals surface area contributed by atoms with Crippen LogP contribution in [-0.2, 0) is 30.4 Å². The number of alkyl halides is 5. The number of rotatable bonds is 9. The van der Waals surface area contributed by atoms with Gasteiger partial charge < -0.3 is 20.2 Å². The number of benzene rings is 2. The van der Waals surface area contributed by atoms with Gasteiger partial charge in [-0.3, -0.25) is 4.79 Å². The van der Waals surface area contributed by atoms with Gasteiger partial charge >= 0.3 is 18.1 Å². The normalized spacial score (nSPS) is 20.6. The maximum Gasteiger partial charge on any atom is 0.492 e. The Labute approximate surface area is 278 Å². The Morgan fingerprint density at radius 1 is 0.979 bits per heavy atom. The zero-order valence-corrected chi connectivity index (χ0v) is 27.1. The third-order valence-corrected chi connectivity index (χ3v) is 10.1. The van der Waals surface area contributed by atoms with Crippen LogP contribution >= 0.6 is 27.5 Å². The molecular formula is C29H25BrClF5N4O6S.